The highest BCUT2D eigenvalue weighted by Crippen LogP contribution is 2.49. The predicted molar refractivity (Wildman–Crippen MR) is 141 cm³/mol. The van der Waals surface area contributed by atoms with E-state index in [0.29, 0.717) is 32.2 Å². The molecule has 38 heavy (non-hydrogen) atoms. The van der Waals surface area contributed by atoms with E-state index in [1.54, 1.807) is 6.92 Å². The molecule has 0 heterocycles. The first-order valence-electron chi connectivity index (χ1n) is 14.0. The number of amides is 2. The van der Waals surface area contributed by atoms with Gasteiger partial charge in [-0.05, 0) is 94.1 Å². The summed E-state index contributed by atoms with van der Waals surface area (Å²) in [7, 11) is 0. The highest BCUT2D eigenvalue weighted by Gasteiger charge is 2.51. The fourth-order valence-corrected chi connectivity index (χ4v) is 7.21. The lowest BCUT2D eigenvalue weighted by Crippen LogP contribution is -2.51. The summed E-state index contributed by atoms with van der Waals surface area (Å²) in [6.45, 7) is 4.58. The van der Waals surface area contributed by atoms with Gasteiger partial charge in [0.15, 0.2) is 0 Å². The largest absolute Gasteiger partial charge is 0.489 e. The van der Waals surface area contributed by atoms with Crippen molar-refractivity contribution in [2.45, 2.75) is 90.2 Å². The first kappa shape index (κ1) is 27.2. The van der Waals surface area contributed by atoms with Crippen LogP contribution in [0.3, 0.4) is 0 Å². The quantitative estimate of drug-likeness (QED) is 0.406. The number of rotatable bonds is 8. The lowest BCUT2D eigenvalue weighted by atomic mass is 9.70. The lowest BCUT2D eigenvalue weighted by molar-refractivity contribution is -0.150. The molecule has 4 aliphatic carbocycles. The van der Waals surface area contributed by atoms with E-state index in [2.05, 4.69) is 17.6 Å². The zero-order valence-electron chi connectivity index (χ0n) is 22.2. The maximum absolute atomic E-state index is 14.9. The minimum atomic E-state index is -0.820. The lowest BCUT2D eigenvalue weighted by Gasteiger charge is -2.39. The fraction of sp³-hybridized carbons (Fsp3) is 0.690. The summed E-state index contributed by atoms with van der Waals surface area (Å²) < 4.78 is 20.9. The van der Waals surface area contributed by atoms with Gasteiger partial charge in [-0.25, -0.2) is 4.39 Å². The molecule has 2 amide bonds. The first-order chi connectivity index (χ1) is 18.0. The standard InChI is InChI=1S/C29H38ClFN2O5/c1-28(8-3-9-28)15-32-26(35)23-16-4-5-17(12-16)24(23)33-25(34)19-13-22(20(30)14-21(19)31)38-18-6-10-29(2,11-7-18)27(36)37/h13-14,16-18,23-24H,3-12,15H2,1-2H3,(H,32,35)(H,33,34)(H,36,37). The Labute approximate surface area is 228 Å². The van der Waals surface area contributed by atoms with Gasteiger partial charge in [0.05, 0.1) is 28.0 Å². The second-order valence-corrected chi connectivity index (χ2v) is 13.1. The Kier molecular flexibility index (Phi) is 7.40. The molecule has 0 aliphatic heterocycles. The number of hydrogen-bond acceptors (Lipinski definition) is 4. The van der Waals surface area contributed by atoms with Gasteiger partial charge in [0, 0.05) is 12.6 Å². The van der Waals surface area contributed by atoms with Crippen LogP contribution in [0.2, 0.25) is 5.02 Å². The van der Waals surface area contributed by atoms with E-state index in [1.807, 2.05) is 0 Å². The van der Waals surface area contributed by atoms with Crippen molar-refractivity contribution in [1.29, 1.82) is 0 Å². The summed E-state index contributed by atoms with van der Waals surface area (Å²) in [5, 5.41) is 15.7. The number of carboxylic acid groups (broad SMARTS) is 1. The molecular weight excluding hydrogens is 511 g/mol. The van der Waals surface area contributed by atoms with E-state index in [0.717, 1.165) is 38.2 Å². The molecule has 9 heteroatoms. The van der Waals surface area contributed by atoms with Gasteiger partial charge < -0.3 is 20.5 Å². The van der Waals surface area contributed by atoms with Crippen molar-refractivity contribution < 1.29 is 28.6 Å². The van der Waals surface area contributed by atoms with Crippen LogP contribution in [0.4, 0.5) is 4.39 Å². The first-order valence-corrected chi connectivity index (χ1v) is 14.3. The van der Waals surface area contributed by atoms with Gasteiger partial charge in [0.2, 0.25) is 5.91 Å². The second-order valence-electron chi connectivity index (χ2n) is 12.7. The van der Waals surface area contributed by atoms with Crippen LogP contribution in [-0.4, -0.2) is 41.6 Å². The molecule has 4 unspecified atom stereocenters. The van der Waals surface area contributed by atoms with Crippen LogP contribution in [-0.2, 0) is 9.59 Å². The van der Waals surface area contributed by atoms with E-state index in [4.69, 9.17) is 16.3 Å². The van der Waals surface area contributed by atoms with E-state index in [-0.39, 0.29) is 57.6 Å². The third kappa shape index (κ3) is 5.25. The summed E-state index contributed by atoms with van der Waals surface area (Å²) in [4.78, 5) is 38.1. The maximum atomic E-state index is 14.9. The molecule has 208 valence electrons. The molecule has 7 nitrogen and oxygen atoms in total. The van der Waals surface area contributed by atoms with Crippen molar-refractivity contribution in [3.05, 3.63) is 28.5 Å². The van der Waals surface area contributed by atoms with Crippen LogP contribution in [0.5, 0.6) is 5.75 Å². The Balaban J connectivity index is 1.26. The number of nitrogens with one attached hydrogen (secondary N) is 2. The van der Waals surface area contributed by atoms with E-state index < -0.39 is 23.1 Å². The Hall–Kier alpha value is -2.35. The minimum Gasteiger partial charge on any atom is -0.489 e. The zero-order chi connectivity index (χ0) is 27.2. The molecule has 4 atom stereocenters. The smallest absolute Gasteiger partial charge is 0.309 e. The van der Waals surface area contributed by atoms with Crippen LogP contribution < -0.4 is 15.4 Å². The van der Waals surface area contributed by atoms with Gasteiger partial charge in [0.25, 0.3) is 5.91 Å². The number of ether oxygens (including phenoxy) is 1. The molecule has 4 fully saturated rings. The van der Waals surface area contributed by atoms with Gasteiger partial charge >= 0.3 is 5.97 Å². The van der Waals surface area contributed by atoms with Gasteiger partial charge in [-0.3, -0.25) is 14.4 Å². The van der Waals surface area contributed by atoms with Crippen molar-refractivity contribution in [3.8, 4) is 5.75 Å². The molecule has 0 spiro atoms. The molecule has 3 N–H and O–H groups in total. The van der Waals surface area contributed by atoms with Gasteiger partial charge in [-0.2, -0.15) is 0 Å². The summed E-state index contributed by atoms with van der Waals surface area (Å²) >= 11 is 6.26. The number of carbonyl (C=O) groups is 3. The van der Waals surface area contributed by atoms with Crippen molar-refractivity contribution in [1.82, 2.24) is 10.6 Å². The van der Waals surface area contributed by atoms with Crippen LogP contribution in [0.1, 0.15) is 88.4 Å². The monoisotopic (exact) mass is 548 g/mol. The molecule has 0 saturated heterocycles. The number of halogens is 2. The third-order valence-corrected chi connectivity index (χ3v) is 10.2. The summed E-state index contributed by atoms with van der Waals surface area (Å²) in [5.41, 5.74) is -0.782. The minimum absolute atomic E-state index is 0.0121. The molecular formula is C29H38ClFN2O5. The Morgan fingerprint density at radius 1 is 1.08 bits per heavy atom. The molecule has 1 aromatic carbocycles. The number of aliphatic carboxylic acids is 1. The average Bonchev–Trinajstić information content (AvgIpc) is 3.46. The number of carboxylic acids is 1. The normalized spacial score (nSPS) is 33.3. The summed E-state index contributed by atoms with van der Waals surface area (Å²) in [5.74, 6) is -1.82. The number of fused-ring (bicyclic) bond motifs is 2. The van der Waals surface area contributed by atoms with Crippen LogP contribution in [0.25, 0.3) is 0 Å². The third-order valence-electron chi connectivity index (χ3n) is 9.88. The van der Waals surface area contributed by atoms with Crippen molar-refractivity contribution >= 4 is 29.4 Å². The Morgan fingerprint density at radius 2 is 1.76 bits per heavy atom. The van der Waals surface area contributed by atoms with Gasteiger partial charge in [-0.1, -0.05) is 24.9 Å². The SMILES string of the molecule is CC1(CNC(=O)C2C3CCC(C3)C2NC(=O)c2cc(OC3CCC(C)(C(=O)O)CC3)c(Cl)cc2F)CCC1. The summed E-state index contributed by atoms with van der Waals surface area (Å²) in [6, 6.07) is 2.08. The Morgan fingerprint density at radius 3 is 2.39 bits per heavy atom. The van der Waals surface area contributed by atoms with Crippen LogP contribution >= 0.6 is 11.6 Å². The molecule has 4 aliphatic rings. The average molecular weight is 549 g/mol. The summed E-state index contributed by atoms with van der Waals surface area (Å²) in [6.07, 6.45) is 7.96. The topological polar surface area (TPSA) is 105 Å². The van der Waals surface area contributed by atoms with Crippen LogP contribution in [0.15, 0.2) is 12.1 Å². The number of benzene rings is 1. The molecule has 5 rings (SSSR count). The second kappa shape index (κ2) is 10.3. The highest BCUT2D eigenvalue weighted by atomic mass is 35.5. The molecule has 0 aromatic heterocycles. The number of carbonyl (C=O) groups excluding carboxylic acids is 2. The van der Waals surface area contributed by atoms with Crippen molar-refractivity contribution in [3.63, 3.8) is 0 Å². The number of hydrogen-bond donors (Lipinski definition) is 3. The molecule has 4 saturated carbocycles. The molecule has 2 bridgehead atoms. The zero-order valence-corrected chi connectivity index (χ0v) is 22.9. The van der Waals surface area contributed by atoms with E-state index in [9.17, 15) is 23.9 Å². The van der Waals surface area contributed by atoms with Crippen LogP contribution in [0, 0.1) is 34.4 Å². The predicted octanol–water partition coefficient (Wildman–Crippen LogP) is 5.34. The molecule has 0 radical (unpaired) electrons. The van der Waals surface area contributed by atoms with E-state index in [1.165, 1.54) is 12.5 Å². The van der Waals surface area contributed by atoms with E-state index >= 15 is 0 Å². The maximum Gasteiger partial charge on any atom is 0.309 e. The fourth-order valence-electron chi connectivity index (χ4n) is 7.01. The van der Waals surface area contributed by atoms with Crippen molar-refractivity contribution in [2.75, 3.05) is 6.54 Å². The van der Waals surface area contributed by atoms with Gasteiger partial charge in [0.1, 0.15) is 11.6 Å². The van der Waals surface area contributed by atoms with Crippen molar-refractivity contribution in [2.24, 2.45) is 28.6 Å². The Bertz CT molecular complexity index is 1110. The highest BCUT2D eigenvalue weighted by molar-refractivity contribution is 6.32. The molecule has 1 aromatic rings. The van der Waals surface area contributed by atoms with Gasteiger partial charge in [-0.15, -0.1) is 0 Å².